The monoisotopic (exact) mass is 180 g/mol. The number of rotatable bonds is 4. The van der Waals surface area contributed by atoms with E-state index in [1.54, 1.807) is 12.1 Å². The molecule has 0 saturated carbocycles. The van der Waals surface area contributed by atoms with Crippen LogP contribution in [0.5, 0.6) is 11.5 Å². The van der Waals surface area contributed by atoms with Gasteiger partial charge in [-0.1, -0.05) is 12.1 Å². The number of aldehydes is 1. The molecule has 0 fully saturated rings. The van der Waals surface area contributed by atoms with Gasteiger partial charge in [0.1, 0.15) is 0 Å². The zero-order chi connectivity index (χ0) is 9.68. The Morgan fingerprint density at radius 1 is 1.46 bits per heavy atom. The third kappa shape index (κ3) is 2.59. The summed E-state index contributed by atoms with van der Waals surface area (Å²) in [7, 11) is 0. The lowest BCUT2D eigenvalue weighted by molar-refractivity contribution is -0.131. The molecule has 0 bridgehead atoms. The number of phenolic OH excluding ortho intramolecular Hbond substituents is 1. The molecule has 0 amide bonds. The lowest BCUT2D eigenvalue weighted by Crippen LogP contribution is -2.11. The van der Waals surface area contributed by atoms with Crippen molar-refractivity contribution in [1.29, 1.82) is 0 Å². The molecule has 0 radical (unpaired) electrons. The Hall–Kier alpha value is -1.84. The van der Waals surface area contributed by atoms with E-state index in [9.17, 15) is 14.7 Å². The summed E-state index contributed by atoms with van der Waals surface area (Å²) in [6, 6.07) is 6.22. The van der Waals surface area contributed by atoms with E-state index in [0.29, 0.717) is 0 Å². The molecule has 1 aromatic carbocycles. The lowest BCUT2D eigenvalue weighted by Gasteiger charge is -2.04. The highest BCUT2D eigenvalue weighted by Crippen LogP contribution is 2.23. The molecule has 0 aliphatic heterocycles. The average molecular weight is 180 g/mol. The van der Waals surface area contributed by atoms with E-state index in [1.807, 2.05) is 0 Å². The summed E-state index contributed by atoms with van der Waals surface area (Å²) in [5, 5.41) is 9.17. The minimum Gasteiger partial charge on any atom is -0.504 e. The molecule has 0 aliphatic rings. The minimum absolute atomic E-state index is 0.0544. The van der Waals surface area contributed by atoms with Crippen LogP contribution in [0.25, 0.3) is 0 Å². The van der Waals surface area contributed by atoms with Gasteiger partial charge in [0.25, 0.3) is 0 Å². The first-order valence-corrected chi connectivity index (χ1v) is 3.63. The first-order valence-electron chi connectivity index (χ1n) is 3.63. The summed E-state index contributed by atoms with van der Waals surface area (Å²) in [6.45, 7) is -0.346. The number of para-hydroxylation sites is 2. The number of carbonyl (C=O) groups excluding carboxylic acids is 2. The van der Waals surface area contributed by atoms with E-state index in [-0.39, 0.29) is 24.4 Å². The van der Waals surface area contributed by atoms with Crippen molar-refractivity contribution in [2.75, 3.05) is 6.61 Å². The second-order valence-corrected chi connectivity index (χ2v) is 2.34. The Labute approximate surface area is 74.8 Å². The van der Waals surface area contributed by atoms with Crippen molar-refractivity contribution < 1.29 is 19.4 Å². The number of phenols is 1. The number of aromatic hydroxyl groups is 1. The summed E-state index contributed by atoms with van der Waals surface area (Å²) in [5.74, 6) is -0.526. The number of Topliss-reactive ketones (excluding diaryl/α,β-unsaturated/α-hetero) is 1. The van der Waals surface area contributed by atoms with Crippen molar-refractivity contribution in [3.05, 3.63) is 24.3 Å². The van der Waals surface area contributed by atoms with Crippen molar-refractivity contribution in [3.63, 3.8) is 0 Å². The first kappa shape index (κ1) is 9.25. The van der Waals surface area contributed by atoms with E-state index >= 15 is 0 Å². The second kappa shape index (κ2) is 4.25. The predicted octanol–water partition coefficient (Wildman–Crippen LogP) is 0.539. The topological polar surface area (TPSA) is 63.6 Å². The van der Waals surface area contributed by atoms with Crippen LogP contribution < -0.4 is 4.74 Å². The van der Waals surface area contributed by atoms with E-state index < -0.39 is 5.78 Å². The number of hydrogen-bond donors (Lipinski definition) is 1. The van der Waals surface area contributed by atoms with Crippen LogP contribution in [0.15, 0.2) is 24.3 Å². The number of ether oxygens (including phenoxy) is 1. The van der Waals surface area contributed by atoms with Crippen LogP contribution in [0.2, 0.25) is 0 Å². The molecule has 1 rings (SSSR count). The van der Waals surface area contributed by atoms with Crippen LogP contribution >= 0.6 is 0 Å². The van der Waals surface area contributed by atoms with Crippen LogP contribution in [0.4, 0.5) is 0 Å². The second-order valence-electron chi connectivity index (χ2n) is 2.34. The molecule has 0 atom stereocenters. The third-order valence-electron chi connectivity index (χ3n) is 1.37. The van der Waals surface area contributed by atoms with Crippen molar-refractivity contribution >= 4 is 12.1 Å². The largest absolute Gasteiger partial charge is 0.504 e. The Morgan fingerprint density at radius 3 is 2.77 bits per heavy atom. The fourth-order valence-electron chi connectivity index (χ4n) is 0.762. The number of ketones is 1. The molecular formula is C9H8O4. The lowest BCUT2D eigenvalue weighted by atomic mass is 10.3. The quantitative estimate of drug-likeness (QED) is 0.542. The van der Waals surface area contributed by atoms with Crippen LogP contribution in [-0.4, -0.2) is 23.8 Å². The van der Waals surface area contributed by atoms with Gasteiger partial charge in [0.2, 0.25) is 5.78 Å². The van der Waals surface area contributed by atoms with Crippen LogP contribution in [-0.2, 0) is 9.59 Å². The summed E-state index contributed by atoms with van der Waals surface area (Å²) in [6.07, 6.45) is 0.181. The molecular weight excluding hydrogens is 172 g/mol. The van der Waals surface area contributed by atoms with E-state index in [1.165, 1.54) is 12.1 Å². The van der Waals surface area contributed by atoms with Gasteiger partial charge in [-0.3, -0.25) is 9.59 Å². The molecule has 0 aliphatic carbocycles. The van der Waals surface area contributed by atoms with Gasteiger partial charge in [0.15, 0.2) is 24.4 Å². The molecule has 0 spiro atoms. The van der Waals surface area contributed by atoms with Gasteiger partial charge in [0.05, 0.1) is 0 Å². The maximum atomic E-state index is 10.5. The van der Waals surface area contributed by atoms with Crippen molar-refractivity contribution in [1.82, 2.24) is 0 Å². The molecule has 4 heteroatoms. The molecule has 1 N–H and O–H groups in total. The standard InChI is InChI=1S/C9H8O4/c10-5-7(11)6-13-9-4-2-1-3-8(9)12/h1-5,12H,6H2. The van der Waals surface area contributed by atoms with Crippen molar-refractivity contribution in [3.8, 4) is 11.5 Å². The zero-order valence-electron chi connectivity index (χ0n) is 6.77. The van der Waals surface area contributed by atoms with Crippen LogP contribution in [0, 0.1) is 0 Å². The average Bonchev–Trinajstić information content (AvgIpc) is 2.16. The van der Waals surface area contributed by atoms with Gasteiger partial charge in [-0.25, -0.2) is 0 Å². The fourth-order valence-corrected chi connectivity index (χ4v) is 0.762. The summed E-state index contributed by atoms with van der Waals surface area (Å²) >= 11 is 0. The van der Waals surface area contributed by atoms with Gasteiger partial charge in [-0.05, 0) is 12.1 Å². The highest BCUT2D eigenvalue weighted by Gasteiger charge is 2.03. The summed E-state index contributed by atoms with van der Waals surface area (Å²) in [5.41, 5.74) is 0. The predicted molar refractivity (Wildman–Crippen MR) is 44.7 cm³/mol. The highest BCUT2D eigenvalue weighted by molar-refractivity contribution is 6.25. The molecule has 0 unspecified atom stereocenters. The van der Waals surface area contributed by atoms with Crippen LogP contribution in [0.1, 0.15) is 0 Å². The summed E-state index contributed by atoms with van der Waals surface area (Å²) in [4.78, 5) is 20.4. The normalized spacial score (nSPS) is 9.23. The van der Waals surface area contributed by atoms with Crippen molar-refractivity contribution in [2.45, 2.75) is 0 Å². The fraction of sp³-hybridized carbons (Fsp3) is 0.111. The van der Waals surface area contributed by atoms with Gasteiger partial charge in [-0.2, -0.15) is 0 Å². The Bertz CT molecular complexity index is 319. The van der Waals surface area contributed by atoms with Crippen molar-refractivity contribution in [2.24, 2.45) is 0 Å². The summed E-state index contributed by atoms with van der Waals surface area (Å²) < 4.78 is 4.86. The van der Waals surface area contributed by atoms with E-state index in [4.69, 9.17) is 4.74 Å². The molecule has 68 valence electrons. The maximum absolute atomic E-state index is 10.5. The zero-order valence-corrected chi connectivity index (χ0v) is 6.77. The van der Waals surface area contributed by atoms with E-state index in [0.717, 1.165) is 0 Å². The molecule has 4 nitrogen and oxygen atoms in total. The Morgan fingerprint density at radius 2 is 2.15 bits per heavy atom. The van der Waals surface area contributed by atoms with Gasteiger partial charge in [0, 0.05) is 0 Å². The third-order valence-corrected chi connectivity index (χ3v) is 1.37. The molecule has 0 heterocycles. The number of carbonyl (C=O) groups is 2. The van der Waals surface area contributed by atoms with Gasteiger partial charge < -0.3 is 9.84 Å². The molecule has 1 aromatic rings. The van der Waals surface area contributed by atoms with Gasteiger partial charge in [-0.15, -0.1) is 0 Å². The smallest absolute Gasteiger partial charge is 0.232 e. The number of hydrogen-bond acceptors (Lipinski definition) is 4. The maximum Gasteiger partial charge on any atom is 0.232 e. The SMILES string of the molecule is O=CC(=O)COc1ccccc1O. The Kier molecular flexibility index (Phi) is 3.03. The number of benzene rings is 1. The minimum atomic E-state index is -0.664. The molecule has 13 heavy (non-hydrogen) atoms. The van der Waals surface area contributed by atoms with E-state index in [2.05, 4.69) is 0 Å². The molecule has 0 aromatic heterocycles. The molecule has 0 saturated heterocycles. The highest BCUT2D eigenvalue weighted by atomic mass is 16.5. The first-order chi connectivity index (χ1) is 6.24. The van der Waals surface area contributed by atoms with Gasteiger partial charge >= 0.3 is 0 Å². The van der Waals surface area contributed by atoms with Crippen LogP contribution in [0.3, 0.4) is 0 Å². The Balaban J connectivity index is 2.59.